The molecule has 2 atom stereocenters. The fraction of sp³-hybridized carbons (Fsp3) is 0.722. The molecule has 1 N–H and O–H groups in total. The molecule has 2 rings (SSSR count). The molecule has 0 amide bonds. The summed E-state index contributed by atoms with van der Waals surface area (Å²) >= 11 is 0. The van der Waals surface area contributed by atoms with E-state index in [2.05, 4.69) is 57.0 Å². The third-order valence-corrected chi connectivity index (χ3v) is 4.54. The van der Waals surface area contributed by atoms with E-state index in [1.807, 2.05) is 7.05 Å². The van der Waals surface area contributed by atoms with Gasteiger partial charge in [0.2, 0.25) is 0 Å². The number of nitrogens with zero attached hydrogens (tertiary/aromatic N) is 2. The van der Waals surface area contributed by atoms with Crippen molar-refractivity contribution < 1.29 is 0 Å². The van der Waals surface area contributed by atoms with Crippen molar-refractivity contribution in [1.29, 1.82) is 0 Å². The second-order valence-corrected chi connectivity index (χ2v) is 7.39. The average molecular weight is 289 g/mol. The molecule has 21 heavy (non-hydrogen) atoms. The molecule has 2 heterocycles. The van der Waals surface area contributed by atoms with Crippen molar-refractivity contribution in [2.24, 2.45) is 0 Å². The maximum atomic E-state index is 5.02. The number of hydrogen-bond donors (Lipinski definition) is 1. The lowest BCUT2D eigenvalue weighted by atomic mass is 9.90. The van der Waals surface area contributed by atoms with Crippen molar-refractivity contribution in [1.82, 2.24) is 10.3 Å². The van der Waals surface area contributed by atoms with Crippen molar-refractivity contribution >= 4 is 5.82 Å². The van der Waals surface area contributed by atoms with Crippen LogP contribution in [-0.2, 0) is 12.0 Å². The largest absolute Gasteiger partial charge is 0.351 e. The summed E-state index contributed by atoms with van der Waals surface area (Å²) in [6.45, 7) is 12.3. The molecular formula is C18H31N3. The Morgan fingerprint density at radius 2 is 2.00 bits per heavy atom. The Morgan fingerprint density at radius 1 is 1.29 bits per heavy atom. The van der Waals surface area contributed by atoms with Gasteiger partial charge in [0.25, 0.3) is 0 Å². The third-order valence-electron chi connectivity index (χ3n) is 4.54. The predicted octanol–water partition coefficient (Wildman–Crippen LogP) is 3.87. The highest BCUT2D eigenvalue weighted by Crippen LogP contribution is 2.33. The Morgan fingerprint density at radius 3 is 2.57 bits per heavy atom. The van der Waals surface area contributed by atoms with Gasteiger partial charge in [0.05, 0.1) is 0 Å². The summed E-state index contributed by atoms with van der Waals surface area (Å²) in [7, 11) is 2.00. The second kappa shape index (κ2) is 6.35. The molecule has 3 heteroatoms. The van der Waals surface area contributed by atoms with Crippen LogP contribution in [0.1, 0.15) is 65.1 Å². The molecule has 0 radical (unpaired) electrons. The van der Waals surface area contributed by atoms with Crippen LogP contribution in [-0.4, -0.2) is 24.1 Å². The lowest BCUT2D eigenvalue weighted by Crippen LogP contribution is -2.35. The Balaban J connectivity index is 2.44. The maximum Gasteiger partial charge on any atom is 0.129 e. The summed E-state index contributed by atoms with van der Waals surface area (Å²) in [6.07, 6.45) is 3.77. The van der Waals surface area contributed by atoms with Crippen molar-refractivity contribution in [2.75, 3.05) is 11.9 Å². The van der Waals surface area contributed by atoms with Crippen LogP contribution in [0.4, 0.5) is 5.82 Å². The van der Waals surface area contributed by atoms with Gasteiger partial charge in [0.15, 0.2) is 0 Å². The predicted molar refractivity (Wildman–Crippen MR) is 91.0 cm³/mol. The smallest absolute Gasteiger partial charge is 0.129 e. The van der Waals surface area contributed by atoms with Gasteiger partial charge in [0, 0.05) is 29.7 Å². The molecule has 1 saturated heterocycles. The van der Waals surface area contributed by atoms with E-state index < -0.39 is 0 Å². The monoisotopic (exact) mass is 289 g/mol. The van der Waals surface area contributed by atoms with Gasteiger partial charge in [-0.3, -0.25) is 0 Å². The normalized spacial score (nSPS) is 22.9. The van der Waals surface area contributed by atoms with Crippen LogP contribution in [0.2, 0.25) is 0 Å². The van der Waals surface area contributed by atoms with Crippen LogP contribution in [0.15, 0.2) is 12.1 Å². The topological polar surface area (TPSA) is 28.2 Å². The molecule has 1 aliphatic rings. The first kappa shape index (κ1) is 16.3. The van der Waals surface area contributed by atoms with E-state index >= 15 is 0 Å². The quantitative estimate of drug-likeness (QED) is 0.912. The zero-order valence-corrected chi connectivity index (χ0v) is 14.5. The van der Waals surface area contributed by atoms with Gasteiger partial charge >= 0.3 is 0 Å². The van der Waals surface area contributed by atoms with Gasteiger partial charge in [-0.15, -0.1) is 0 Å². The molecule has 1 aromatic rings. The number of pyridine rings is 1. The van der Waals surface area contributed by atoms with Crippen molar-refractivity contribution in [2.45, 2.75) is 77.9 Å². The van der Waals surface area contributed by atoms with Gasteiger partial charge < -0.3 is 10.2 Å². The molecule has 0 bridgehead atoms. The molecule has 0 saturated carbocycles. The summed E-state index contributed by atoms with van der Waals surface area (Å²) in [5.41, 5.74) is 2.61. The number of nitrogens with one attached hydrogen (secondary N) is 1. The molecule has 0 spiro atoms. The van der Waals surface area contributed by atoms with Crippen molar-refractivity contribution in [3.63, 3.8) is 0 Å². The lowest BCUT2D eigenvalue weighted by Gasteiger charge is -2.31. The van der Waals surface area contributed by atoms with Crippen LogP contribution < -0.4 is 10.2 Å². The van der Waals surface area contributed by atoms with Gasteiger partial charge in [-0.05, 0) is 50.9 Å². The van der Waals surface area contributed by atoms with Crippen LogP contribution >= 0.6 is 0 Å². The summed E-state index contributed by atoms with van der Waals surface area (Å²) < 4.78 is 0. The number of aromatic nitrogens is 1. The minimum absolute atomic E-state index is 0.0865. The Kier molecular flexibility index (Phi) is 4.92. The fourth-order valence-corrected chi connectivity index (χ4v) is 3.28. The molecular weight excluding hydrogens is 258 g/mol. The van der Waals surface area contributed by atoms with Crippen LogP contribution in [0.25, 0.3) is 0 Å². The van der Waals surface area contributed by atoms with E-state index in [0.717, 1.165) is 6.54 Å². The lowest BCUT2D eigenvalue weighted by molar-refractivity contribution is 0.559. The molecule has 0 aliphatic carbocycles. The summed E-state index contributed by atoms with van der Waals surface area (Å²) in [5.74, 6) is 1.17. The van der Waals surface area contributed by atoms with Crippen molar-refractivity contribution in [3.05, 3.63) is 23.4 Å². The van der Waals surface area contributed by atoms with Gasteiger partial charge in [-0.25, -0.2) is 4.98 Å². The molecule has 118 valence electrons. The van der Waals surface area contributed by atoms with E-state index in [4.69, 9.17) is 4.98 Å². The highest BCUT2D eigenvalue weighted by atomic mass is 15.3. The van der Waals surface area contributed by atoms with E-state index in [1.54, 1.807) is 0 Å². The molecule has 1 aliphatic heterocycles. The van der Waals surface area contributed by atoms with Crippen LogP contribution in [0.5, 0.6) is 0 Å². The third kappa shape index (κ3) is 3.57. The van der Waals surface area contributed by atoms with Gasteiger partial charge in [-0.2, -0.15) is 0 Å². The van der Waals surface area contributed by atoms with E-state index in [9.17, 15) is 0 Å². The molecule has 1 fully saturated rings. The van der Waals surface area contributed by atoms with Gasteiger partial charge in [-0.1, -0.05) is 27.7 Å². The molecule has 0 aromatic carbocycles. The van der Waals surface area contributed by atoms with E-state index in [1.165, 1.54) is 36.3 Å². The summed E-state index contributed by atoms with van der Waals surface area (Å²) in [5, 5.41) is 3.27. The first-order valence-electron chi connectivity index (χ1n) is 8.31. The number of anilines is 1. The first-order valence-corrected chi connectivity index (χ1v) is 8.31. The molecule has 1 aromatic heterocycles. The highest BCUT2D eigenvalue weighted by molar-refractivity contribution is 5.47. The van der Waals surface area contributed by atoms with Crippen molar-refractivity contribution in [3.8, 4) is 0 Å². The first-order chi connectivity index (χ1) is 9.86. The fourth-order valence-electron chi connectivity index (χ4n) is 3.28. The van der Waals surface area contributed by atoms with Crippen LogP contribution in [0, 0.1) is 0 Å². The molecule has 3 nitrogen and oxygen atoms in total. The SMILES string of the molecule is CCC1CCC(C)N1c1cc(CNC)cc(C(C)(C)C)n1. The maximum absolute atomic E-state index is 5.02. The summed E-state index contributed by atoms with van der Waals surface area (Å²) in [4.78, 5) is 7.57. The van der Waals surface area contributed by atoms with E-state index in [0.29, 0.717) is 12.1 Å². The van der Waals surface area contributed by atoms with Crippen LogP contribution in [0.3, 0.4) is 0 Å². The zero-order chi connectivity index (χ0) is 15.6. The molecule has 2 unspecified atom stereocenters. The highest BCUT2D eigenvalue weighted by Gasteiger charge is 2.31. The standard InChI is InChI=1S/C18H31N3/c1-7-15-9-8-13(2)21(15)17-11-14(12-19-6)10-16(20-17)18(3,4)5/h10-11,13,15,19H,7-9,12H2,1-6H3. The Hall–Kier alpha value is -1.09. The van der Waals surface area contributed by atoms with Gasteiger partial charge in [0.1, 0.15) is 5.82 Å². The number of hydrogen-bond acceptors (Lipinski definition) is 3. The zero-order valence-electron chi connectivity index (χ0n) is 14.5. The minimum atomic E-state index is 0.0865. The average Bonchev–Trinajstić information content (AvgIpc) is 2.79. The Labute approximate surface area is 130 Å². The number of rotatable bonds is 4. The van der Waals surface area contributed by atoms with E-state index in [-0.39, 0.29) is 5.41 Å². The summed E-state index contributed by atoms with van der Waals surface area (Å²) in [6, 6.07) is 5.77. The minimum Gasteiger partial charge on any atom is -0.351 e. The Bertz CT molecular complexity index is 476. The second-order valence-electron chi connectivity index (χ2n) is 7.39.